The first-order chi connectivity index (χ1) is 10.1. The van der Waals surface area contributed by atoms with Gasteiger partial charge in [-0.25, -0.2) is 4.98 Å². The molecular weight excluding hydrogens is 354 g/mol. The molecule has 112 valence electrons. The van der Waals surface area contributed by atoms with Gasteiger partial charge in [-0.1, -0.05) is 11.3 Å². The minimum absolute atomic E-state index is 0.00163. The summed E-state index contributed by atoms with van der Waals surface area (Å²) in [5, 5.41) is 6.80. The lowest BCUT2D eigenvalue weighted by Crippen LogP contribution is -2.31. The van der Waals surface area contributed by atoms with Crippen molar-refractivity contribution in [2.24, 2.45) is 0 Å². The highest BCUT2D eigenvalue weighted by molar-refractivity contribution is 9.11. The standard InChI is InChI=1S/C14H16BrN3O2S/c1-9(20-2)7-16-13(19)10-3-5-11(6-4-10)18-14-17-8-12(15)21-14/h3-6,8-9H,7H2,1-2H3,(H,16,19)(H,17,18). The van der Waals surface area contributed by atoms with Crippen molar-refractivity contribution in [1.29, 1.82) is 0 Å². The third-order valence-corrected chi connectivity index (χ3v) is 4.22. The number of aromatic nitrogens is 1. The fourth-order valence-corrected chi connectivity index (χ4v) is 2.69. The minimum Gasteiger partial charge on any atom is -0.380 e. The summed E-state index contributed by atoms with van der Waals surface area (Å²) in [5.41, 5.74) is 1.50. The molecule has 7 heteroatoms. The molecule has 1 atom stereocenters. The lowest BCUT2D eigenvalue weighted by atomic mass is 10.2. The van der Waals surface area contributed by atoms with Crippen molar-refractivity contribution in [3.05, 3.63) is 39.8 Å². The number of nitrogens with one attached hydrogen (secondary N) is 2. The summed E-state index contributed by atoms with van der Waals surface area (Å²) in [6, 6.07) is 7.25. The molecular formula is C14H16BrN3O2S. The van der Waals surface area contributed by atoms with Crippen LogP contribution in [-0.4, -0.2) is 30.6 Å². The van der Waals surface area contributed by atoms with Crippen LogP contribution in [0.1, 0.15) is 17.3 Å². The number of amides is 1. The number of hydrogen-bond donors (Lipinski definition) is 2. The summed E-state index contributed by atoms with van der Waals surface area (Å²) >= 11 is 4.87. The molecule has 0 fully saturated rings. The fourth-order valence-electron chi connectivity index (χ4n) is 1.56. The molecule has 1 unspecified atom stereocenters. The Morgan fingerprint density at radius 3 is 2.71 bits per heavy atom. The van der Waals surface area contributed by atoms with Crippen LogP contribution >= 0.6 is 27.3 Å². The average molecular weight is 370 g/mol. The summed E-state index contributed by atoms with van der Waals surface area (Å²) in [6.45, 7) is 2.39. The first kappa shape index (κ1) is 15.9. The Bertz CT molecular complexity index is 601. The van der Waals surface area contributed by atoms with Gasteiger partial charge in [-0.3, -0.25) is 4.79 Å². The summed E-state index contributed by atoms with van der Waals surface area (Å²) in [6.07, 6.45) is 1.74. The number of carbonyl (C=O) groups is 1. The lowest BCUT2D eigenvalue weighted by molar-refractivity contribution is 0.0870. The van der Waals surface area contributed by atoms with Crippen LogP contribution in [0.2, 0.25) is 0 Å². The van der Waals surface area contributed by atoms with Crippen LogP contribution in [-0.2, 0) is 4.74 Å². The third-order valence-electron chi connectivity index (χ3n) is 2.83. The van der Waals surface area contributed by atoms with Gasteiger partial charge in [-0.15, -0.1) is 0 Å². The number of nitrogens with zero attached hydrogens (tertiary/aromatic N) is 1. The van der Waals surface area contributed by atoms with Crippen LogP contribution in [0.25, 0.3) is 0 Å². The van der Waals surface area contributed by atoms with Crippen molar-refractivity contribution in [2.75, 3.05) is 19.0 Å². The van der Waals surface area contributed by atoms with Gasteiger partial charge in [-0.2, -0.15) is 0 Å². The molecule has 2 N–H and O–H groups in total. The Labute approximate surface area is 135 Å². The van der Waals surface area contributed by atoms with Crippen molar-refractivity contribution in [2.45, 2.75) is 13.0 Å². The Balaban J connectivity index is 1.93. The molecule has 0 saturated carbocycles. The van der Waals surface area contributed by atoms with Gasteiger partial charge in [-0.05, 0) is 47.1 Å². The van der Waals surface area contributed by atoms with E-state index in [1.54, 1.807) is 25.4 Å². The van der Waals surface area contributed by atoms with E-state index in [1.807, 2.05) is 19.1 Å². The maximum absolute atomic E-state index is 11.9. The molecule has 21 heavy (non-hydrogen) atoms. The molecule has 0 aliphatic heterocycles. The first-order valence-corrected chi connectivity index (χ1v) is 7.99. The van der Waals surface area contributed by atoms with E-state index < -0.39 is 0 Å². The third kappa shape index (κ3) is 4.80. The predicted molar refractivity (Wildman–Crippen MR) is 88.3 cm³/mol. The fraction of sp³-hybridized carbons (Fsp3) is 0.286. The van der Waals surface area contributed by atoms with Crippen LogP contribution in [0.3, 0.4) is 0 Å². The molecule has 0 bridgehead atoms. The smallest absolute Gasteiger partial charge is 0.251 e. The number of halogens is 1. The summed E-state index contributed by atoms with van der Waals surface area (Å²) in [5.74, 6) is -0.109. The van der Waals surface area contributed by atoms with E-state index in [2.05, 4.69) is 31.5 Å². The number of methoxy groups -OCH3 is 1. The molecule has 2 aromatic rings. The highest BCUT2D eigenvalue weighted by Gasteiger charge is 2.07. The molecule has 0 radical (unpaired) electrons. The molecule has 0 saturated heterocycles. The van der Waals surface area contributed by atoms with E-state index in [9.17, 15) is 4.79 Å². The lowest BCUT2D eigenvalue weighted by Gasteiger charge is -2.11. The van der Waals surface area contributed by atoms with Gasteiger partial charge < -0.3 is 15.4 Å². The SMILES string of the molecule is COC(C)CNC(=O)c1ccc(Nc2ncc(Br)s2)cc1. The number of benzene rings is 1. The van der Waals surface area contributed by atoms with E-state index >= 15 is 0 Å². The van der Waals surface area contributed by atoms with Gasteiger partial charge in [0.05, 0.1) is 16.1 Å². The second-order valence-electron chi connectivity index (χ2n) is 4.43. The number of anilines is 2. The van der Waals surface area contributed by atoms with Gasteiger partial charge in [0.15, 0.2) is 5.13 Å². The first-order valence-electron chi connectivity index (χ1n) is 6.38. The topological polar surface area (TPSA) is 63.2 Å². The zero-order valence-corrected chi connectivity index (χ0v) is 14.1. The Morgan fingerprint density at radius 1 is 1.43 bits per heavy atom. The van der Waals surface area contributed by atoms with Crippen molar-refractivity contribution in [3.8, 4) is 0 Å². The molecule has 5 nitrogen and oxygen atoms in total. The number of carbonyl (C=O) groups excluding carboxylic acids is 1. The minimum atomic E-state index is -0.109. The van der Waals surface area contributed by atoms with Crippen LogP contribution in [0, 0.1) is 0 Å². The van der Waals surface area contributed by atoms with Gasteiger partial charge in [0.1, 0.15) is 0 Å². The van der Waals surface area contributed by atoms with Crippen molar-refractivity contribution in [3.63, 3.8) is 0 Å². The van der Waals surface area contributed by atoms with Crippen LogP contribution in [0.5, 0.6) is 0 Å². The van der Waals surface area contributed by atoms with E-state index in [0.717, 1.165) is 14.6 Å². The molecule has 1 aromatic carbocycles. The zero-order valence-electron chi connectivity index (χ0n) is 11.7. The van der Waals surface area contributed by atoms with Crippen LogP contribution < -0.4 is 10.6 Å². The summed E-state index contributed by atoms with van der Waals surface area (Å²) in [4.78, 5) is 16.1. The van der Waals surface area contributed by atoms with Gasteiger partial charge in [0.25, 0.3) is 5.91 Å². The van der Waals surface area contributed by atoms with E-state index in [1.165, 1.54) is 11.3 Å². The molecule has 0 aliphatic rings. The highest BCUT2D eigenvalue weighted by Crippen LogP contribution is 2.26. The zero-order chi connectivity index (χ0) is 15.2. The van der Waals surface area contributed by atoms with Crippen LogP contribution in [0.15, 0.2) is 34.2 Å². The van der Waals surface area contributed by atoms with Gasteiger partial charge in [0, 0.05) is 24.9 Å². The molecule has 0 aliphatic carbocycles. The van der Waals surface area contributed by atoms with Crippen molar-refractivity contribution in [1.82, 2.24) is 10.3 Å². The Morgan fingerprint density at radius 2 is 2.14 bits per heavy atom. The Hall–Kier alpha value is -1.44. The van der Waals surface area contributed by atoms with E-state index in [-0.39, 0.29) is 12.0 Å². The van der Waals surface area contributed by atoms with Crippen molar-refractivity contribution < 1.29 is 9.53 Å². The summed E-state index contributed by atoms with van der Waals surface area (Å²) < 4.78 is 6.06. The monoisotopic (exact) mass is 369 g/mol. The quantitative estimate of drug-likeness (QED) is 0.818. The van der Waals surface area contributed by atoms with E-state index in [4.69, 9.17) is 4.74 Å². The van der Waals surface area contributed by atoms with E-state index in [0.29, 0.717) is 12.1 Å². The molecule has 0 spiro atoms. The number of hydrogen-bond acceptors (Lipinski definition) is 5. The second kappa shape index (κ2) is 7.53. The number of thiazole rings is 1. The summed E-state index contributed by atoms with van der Waals surface area (Å²) in [7, 11) is 1.62. The van der Waals surface area contributed by atoms with Crippen LogP contribution in [0.4, 0.5) is 10.8 Å². The largest absolute Gasteiger partial charge is 0.380 e. The molecule has 1 heterocycles. The van der Waals surface area contributed by atoms with Gasteiger partial charge in [0.2, 0.25) is 0 Å². The molecule has 2 rings (SSSR count). The Kier molecular flexibility index (Phi) is 5.72. The maximum atomic E-state index is 11.9. The number of ether oxygens (including phenoxy) is 1. The van der Waals surface area contributed by atoms with Crippen molar-refractivity contribution >= 4 is 44.0 Å². The highest BCUT2D eigenvalue weighted by atomic mass is 79.9. The molecule has 1 aromatic heterocycles. The number of rotatable bonds is 6. The normalized spacial score (nSPS) is 12.0. The average Bonchev–Trinajstić information content (AvgIpc) is 2.90. The predicted octanol–water partition coefficient (Wildman–Crippen LogP) is 3.41. The second-order valence-corrected chi connectivity index (χ2v) is 6.84. The maximum Gasteiger partial charge on any atom is 0.251 e. The molecule has 1 amide bonds. The van der Waals surface area contributed by atoms with Gasteiger partial charge >= 0.3 is 0 Å².